The maximum Gasteiger partial charge on any atom is 0.311 e. The second-order valence-corrected chi connectivity index (χ2v) is 9.67. The summed E-state index contributed by atoms with van der Waals surface area (Å²) < 4.78 is 19.8. The van der Waals surface area contributed by atoms with Crippen molar-refractivity contribution in [3.8, 4) is 5.75 Å². The van der Waals surface area contributed by atoms with Gasteiger partial charge in [-0.1, -0.05) is 103 Å². The zero-order chi connectivity index (χ0) is 22.3. The van der Waals surface area contributed by atoms with Crippen molar-refractivity contribution in [1.29, 1.82) is 0 Å². The molecule has 0 heterocycles. The SMILES string of the molecule is CCCCCCCCc1ccc(OC(=O)CCC2CCC(CCCCC)CC2)cc1F. The molecule has 1 saturated carbocycles. The van der Waals surface area contributed by atoms with Crippen molar-refractivity contribution in [2.24, 2.45) is 11.8 Å². The molecular formula is C28H45FO2. The summed E-state index contributed by atoms with van der Waals surface area (Å²) >= 11 is 0. The summed E-state index contributed by atoms with van der Waals surface area (Å²) in [7, 11) is 0. The number of rotatable bonds is 15. The number of aryl methyl sites for hydroxylation is 1. The second-order valence-electron chi connectivity index (χ2n) is 9.67. The molecule has 0 bridgehead atoms. The molecule has 0 unspecified atom stereocenters. The largest absolute Gasteiger partial charge is 0.426 e. The molecular weight excluding hydrogens is 387 g/mol. The first kappa shape index (κ1) is 25.9. The van der Waals surface area contributed by atoms with E-state index in [1.807, 2.05) is 0 Å². The quantitative estimate of drug-likeness (QED) is 0.157. The molecule has 0 saturated heterocycles. The Morgan fingerprint density at radius 2 is 1.48 bits per heavy atom. The number of benzene rings is 1. The number of esters is 1. The minimum absolute atomic E-state index is 0.229. The molecule has 1 aliphatic rings. The van der Waals surface area contributed by atoms with E-state index in [-0.39, 0.29) is 11.8 Å². The summed E-state index contributed by atoms with van der Waals surface area (Å²) in [4.78, 5) is 12.2. The maximum atomic E-state index is 14.4. The van der Waals surface area contributed by atoms with Crippen LogP contribution in [0.3, 0.4) is 0 Å². The first-order valence-corrected chi connectivity index (χ1v) is 13.1. The Hall–Kier alpha value is -1.38. The predicted molar refractivity (Wildman–Crippen MR) is 128 cm³/mol. The van der Waals surface area contributed by atoms with E-state index in [0.717, 1.165) is 37.2 Å². The molecule has 0 atom stereocenters. The van der Waals surface area contributed by atoms with Gasteiger partial charge in [0.2, 0.25) is 0 Å². The fourth-order valence-electron chi connectivity index (χ4n) is 4.89. The molecule has 0 radical (unpaired) electrons. The smallest absolute Gasteiger partial charge is 0.311 e. The number of halogens is 1. The number of ether oxygens (including phenoxy) is 1. The number of hydrogen-bond donors (Lipinski definition) is 0. The van der Waals surface area contributed by atoms with Gasteiger partial charge in [-0.25, -0.2) is 4.39 Å². The molecule has 0 N–H and O–H groups in total. The van der Waals surface area contributed by atoms with Crippen molar-refractivity contribution in [3.05, 3.63) is 29.6 Å². The molecule has 3 heteroatoms. The van der Waals surface area contributed by atoms with Crippen LogP contribution < -0.4 is 4.74 Å². The third kappa shape index (κ3) is 10.7. The second kappa shape index (κ2) is 15.4. The third-order valence-corrected chi connectivity index (χ3v) is 6.99. The van der Waals surface area contributed by atoms with Crippen molar-refractivity contribution in [3.63, 3.8) is 0 Å². The van der Waals surface area contributed by atoms with E-state index in [1.54, 1.807) is 12.1 Å². The van der Waals surface area contributed by atoms with Gasteiger partial charge in [-0.3, -0.25) is 4.79 Å². The van der Waals surface area contributed by atoms with Crippen molar-refractivity contribution in [2.75, 3.05) is 0 Å². The summed E-state index contributed by atoms with van der Waals surface area (Å²) in [6.45, 7) is 4.47. The minimum atomic E-state index is -0.250. The molecule has 1 aromatic rings. The van der Waals surface area contributed by atoms with Gasteiger partial charge in [-0.05, 0) is 42.7 Å². The first-order valence-electron chi connectivity index (χ1n) is 13.1. The standard InChI is InChI=1S/C28H45FO2/c1-3-5-7-8-9-11-13-25-19-20-26(22-27(25)29)31-28(30)21-18-24-16-14-23(15-17-24)12-10-6-4-2/h19-20,22-24H,3-18,21H2,1-2H3. The van der Waals surface area contributed by atoms with Crippen molar-refractivity contribution in [2.45, 2.75) is 123 Å². The zero-order valence-corrected chi connectivity index (χ0v) is 20.1. The average Bonchev–Trinajstić information content (AvgIpc) is 2.77. The van der Waals surface area contributed by atoms with Gasteiger partial charge in [-0.2, -0.15) is 0 Å². The van der Waals surface area contributed by atoms with Crippen LogP contribution in [0.4, 0.5) is 4.39 Å². The third-order valence-electron chi connectivity index (χ3n) is 6.99. The van der Waals surface area contributed by atoms with Crippen molar-refractivity contribution >= 4 is 5.97 Å². The molecule has 0 aromatic heterocycles. The molecule has 31 heavy (non-hydrogen) atoms. The van der Waals surface area contributed by atoms with Gasteiger partial charge in [0, 0.05) is 12.5 Å². The van der Waals surface area contributed by atoms with E-state index < -0.39 is 0 Å². The average molecular weight is 433 g/mol. The number of hydrogen-bond acceptors (Lipinski definition) is 2. The highest BCUT2D eigenvalue weighted by atomic mass is 19.1. The Labute approximate surface area is 190 Å². The highest BCUT2D eigenvalue weighted by Crippen LogP contribution is 2.34. The van der Waals surface area contributed by atoms with Gasteiger partial charge >= 0.3 is 5.97 Å². The lowest BCUT2D eigenvalue weighted by Crippen LogP contribution is -2.17. The molecule has 176 valence electrons. The first-order chi connectivity index (χ1) is 15.1. The molecule has 0 spiro atoms. The fraction of sp³-hybridized carbons (Fsp3) is 0.750. The van der Waals surface area contributed by atoms with Crippen LogP contribution in [0.1, 0.15) is 122 Å². The van der Waals surface area contributed by atoms with Crippen LogP contribution in [-0.2, 0) is 11.2 Å². The van der Waals surface area contributed by atoms with Gasteiger partial charge in [0.15, 0.2) is 0 Å². The molecule has 1 aromatic carbocycles. The normalized spacial score (nSPS) is 18.8. The summed E-state index contributed by atoms with van der Waals surface area (Å²) in [6.07, 6.45) is 19.8. The van der Waals surface area contributed by atoms with E-state index in [9.17, 15) is 9.18 Å². The highest BCUT2D eigenvalue weighted by Gasteiger charge is 2.21. The Kier molecular flexibility index (Phi) is 12.9. The number of carbonyl (C=O) groups is 1. The van der Waals surface area contributed by atoms with Crippen LogP contribution in [0.25, 0.3) is 0 Å². The lowest BCUT2D eigenvalue weighted by molar-refractivity contribution is -0.134. The topological polar surface area (TPSA) is 26.3 Å². The van der Waals surface area contributed by atoms with Crippen LogP contribution in [0, 0.1) is 17.7 Å². The highest BCUT2D eigenvalue weighted by molar-refractivity contribution is 5.72. The fourth-order valence-corrected chi connectivity index (χ4v) is 4.89. The molecule has 0 amide bonds. The van der Waals surface area contributed by atoms with E-state index in [0.29, 0.717) is 18.1 Å². The Balaban J connectivity index is 1.63. The molecule has 1 aliphatic carbocycles. The molecule has 2 nitrogen and oxygen atoms in total. The number of unbranched alkanes of at least 4 members (excludes halogenated alkanes) is 7. The Bertz CT molecular complexity index is 619. The summed E-state index contributed by atoms with van der Waals surface area (Å²) in [5, 5.41) is 0. The van der Waals surface area contributed by atoms with Gasteiger partial charge in [0.05, 0.1) is 0 Å². The van der Waals surface area contributed by atoms with Gasteiger partial charge in [0.25, 0.3) is 0 Å². The lowest BCUT2D eigenvalue weighted by Gasteiger charge is -2.28. The van der Waals surface area contributed by atoms with Crippen LogP contribution >= 0.6 is 0 Å². The molecule has 0 aliphatic heterocycles. The van der Waals surface area contributed by atoms with Crippen LogP contribution in [0.15, 0.2) is 18.2 Å². The van der Waals surface area contributed by atoms with Gasteiger partial charge in [0.1, 0.15) is 11.6 Å². The van der Waals surface area contributed by atoms with Crippen molar-refractivity contribution < 1.29 is 13.9 Å². The van der Waals surface area contributed by atoms with E-state index in [4.69, 9.17) is 4.74 Å². The Morgan fingerprint density at radius 3 is 2.16 bits per heavy atom. The monoisotopic (exact) mass is 432 g/mol. The van der Waals surface area contributed by atoms with Gasteiger partial charge in [-0.15, -0.1) is 0 Å². The van der Waals surface area contributed by atoms with Crippen LogP contribution in [0.5, 0.6) is 5.75 Å². The summed E-state index contributed by atoms with van der Waals surface area (Å²) in [6, 6.07) is 4.91. The van der Waals surface area contributed by atoms with Crippen LogP contribution in [0.2, 0.25) is 0 Å². The van der Waals surface area contributed by atoms with E-state index in [2.05, 4.69) is 13.8 Å². The van der Waals surface area contributed by atoms with Gasteiger partial charge < -0.3 is 4.74 Å². The zero-order valence-electron chi connectivity index (χ0n) is 20.1. The molecule has 1 fully saturated rings. The predicted octanol–water partition coefficient (Wildman–Crippen LogP) is 8.80. The summed E-state index contributed by atoms with van der Waals surface area (Å²) in [5.41, 5.74) is 0.728. The number of carbonyl (C=O) groups excluding carboxylic acids is 1. The lowest BCUT2D eigenvalue weighted by atomic mass is 9.78. The minimum Gasteiger partial charge on any atom is -0.426 e. The maximum absolute atomic E-state index is 14.4. The van der Waals surface area contributed by atoms with Crippen LogP contribution in [-0.4, -0.2) is 5.97 Å². The van der Waals surface area contributed by atoms with E-state index >= 15 is 0 Å². The van der Waals surface area contributed by atoms with E-state index in [1.165, 1.54) is 83.1 Å². The Morgan fingerprint density at radius 1 is 0.871 bits per heavy atom. The molecule has 2 rings (SSSR count). The van der Waals surface area contributed by atoms with Crippen molar-refractivity contribution in [1.82, 2.24) is 0 Å². The summed E-state index contributed by atoms with van der Waals surface area (Å²) in [5.74, 6) is 1.40.